The van der Waals surface area contributed by atoms with E-state index in [9.17, 15) is 8.78 Å². The zero-order valence-corrected chi connectivity index (χ0v) is 11.1. The van der Waals surface area contributed by atoms with E-state index in [1.165, 1.54) is 4.68 Å². The average Bonchev–Trinajstić information content (AvgIpc) is 2.82. The molecule has 9 heteroatoms. The van der Waals surface area contributed by atoms with Crippen molar-refractivity contribution in [2.24, 2.45) is 0 Å². The van der Waals surface area contributed by atoms with Gasteiger partial charge in [0.15, 0.2) is 5.82 Å². The van der Waals surface area contributed by atoms with Crippen molar-refractivity contribution >= 4 is 17.3 Å². The molecule has 1 aromatic carbocycles. The number of nitrogen functional groups attached to an aromatic ring is 1. The Bertz CT molecular complexity index is 578. The first-order valence-electron chi connectivity index (χ1n) is 5.75. The van der Waals surface area contributed by atoms with Crippen molar-refractivity contribution in [1.82, 2.24) is 20.2 Å². The molecule has 2 aromatic rings. The Labute approximate surface area is 118 Å². The zero-order chi connectivity index (χ0) is 14.5. The van der Waals surface area contributed by atoms with Crippen molar-refractivity contribution in [2.75, 3.05) is 18.9 Å². The largest absolute Gasteiger partial charge is 0.399 e. The number of aromatic nitrogens is 4. The molecule has 108 valence electrons. The molecular weight excluding hydrogens is 292 g/mol. The number of tetrazole rings is 1. The summed E-state index contributed by atoms with van der Waals surface area (Å²) in [5.74, 6) is 0.427. The van der Waals surface area contributed by atoms with Crippen LogP contribution in [0.25, 0.3) is 11.4 Å². The molecule has 1 heterocycles. The summed E-state index contributed by atoms with van der Waals surface area (Å²) < 4.78 is 30.1. The van der Waals surface area contributed by atoms with Gasteiger partial charge in [0.25, 0.3) is 6.43 Å². The number of alkyl halides is 2. The zero-order valence-electron chi connectivity index (χ0n) is 10.3. The second-order valence-corrected chi connectivity index (χ2v) is 4.34. The van der Waals surface area contributed by atoms with Crippen molar-refractivity contribution in [3.8, 4) is 11.4 Å². The van der Waals surface area contributed by atoms with Crippen LogP contribution in [0.5, 0.6) is 0 Å². The third kappa shape index (κ3) is 3.61. The molecular formula is C11H12ClF2N5O. The highest BCUT2D eigenvalue weighted by Crippen LogP contribution is 2.27. The number of ether oxygens (including phenoxy) is 1. The Morgan fingerprint density at radius 1 is 1.40 bits per heavy atom. The Morgan fingerprint density at radius 2 is 2.20 bits per heavy atom. The highest BCUT2D eigenvalue weighted by atomic mass is 35.5. The minimum absolute atomic E-state index is 0.0783. The van der Waals surface area contributed by atoms with Crippen LogP contribution >= 0.6 is 11.6 Å². The summed E-state index contributed by atoms with van der Waals surface area (Å²) >= 11 is 6.08. The number of nitrogens with zero attached hydrogens (tertiary/aromatic N) is 4. The van der Waals surface area contributed by atoms with Gasteiger partial charge in [-0.3, -0.25) is 0 Å². The Balaban J connectivity index is 2.08. The normalized spacial score (nSPS) is 11.2. The number of nitrogens with two attached hydrogens (primary N) is 1. The lowest BCUT2D eigenvalue weighted by Crippen LogP contribution is -2.12. The lowest BCUT2D eigenvalue weighted by atomic mass is 10.2. The average molecular weight is 304 g/mol. The molecule has 0 fully saturated rings. The van der Waals surface area contributed by atoms with Gasteiger partial charge in [0.1, 0.15) is 6.61 Å². The molecule has 0 unspecified atom stereocenters. The molecule has 0 radical (unpaired) electrons. The third-order valence-corrected chi connectivity index (χ3v) is 2.77. The molecule has 20 heavy (non-hydrogen) atoms. The molecule has 6 nitrogen and oxygen atoms in total. The Hall–Kier alpha value is -1.80. The first-order chi connectivity index (χ1) is 9.58. The monoisotopic (exact) mass is 303 g/mol. The van der Waals surface area contributed by atoms with Crippen molar-refractivity contribution < 1.29 is 13.5 Å². The molecule has 0 saturated carbocycles. The van der Waals surface area contributed by atoms with Crippen LogP contribution in [0.15, 0.2) is 18.2 Å². The van der Waals surface area contributed by atoms with Crippen LogP contribution in [0.4, 0.5) is 14.5 Å². The predicted octanol–water partition coefficient (Wildman–Crippen LogP) is 1.86. The minimum Gasteiger partial charge on any atom is -0.399 e. The summed E-state index contributed by atoms with van der Waals surface area (Å²) in [4.78, 5) is 0. The molecule has 0 aliphatic heterocycles. The van der Waals surface area contributed by atoms with E-state index in [2.05, 4.69) is 15.5 Å². The van der Waals surface area contributed by atoms with Crippen molar-refractivity contribution in [1.29, 1.82) is 0 Å². The van der Waals surface area contributed by atoms with Crippen molar-refractivity contribution in [3.63, 3.8) is 0 Å². The third-order valence-electron chi connectivity index (χ3n) is 2.46. The van der Waals surface area contributed by atoms with Gasteiger partial charge in [-0.05, 0) is 28.6 Å². The van der Waals surface area contributed by atoms with E-state index in [-0.39, 0.29) is 13.2 Å². The maximum Gasteiger partial charge on any atom is 0.261 e. The summed E-state index contributed by atoms with van der Waals surface area (Å²) in [6.45, 7) is -0.287. The van der Waals surface area contributed by atoms with E-state index in [1.54, 1.807) is 18.2 Å². The fourth-order valence-corrected chi connectivity index (χ4v) is 1.86. The van der Waals surface area contributed by atoms with Gasteiger partial charge >= 0.3 is 0 Å². The van der Waals surface area contributed by atoms with Gasteiger partial charge in [-0.15, -0.1) is 5.10 Å². The first kappa shape index (κ1) is 14.6. The van der Waals surface area contributed by atoms with Crippen LogP contribution in [0.3, 0.4) is 0 Å². The van der Waals surface area contributed by atoms with Gasteiger partial charge < -0.3 is 10.5 Å². The summed E-state index contributed by atoms with van der Waals surface area (Å²) in [5.41, 5.74) is 6.75. The second kappa shape index (κ2) is 6.58. The SMILES string of the molecule is Nc1ccc(-c2nnnn2CCOCC(F)F)c(Cl)c1. The number of benzene rings is 1. The van der Waals surface area contributed by atoms with Gasteiger partial charge in [0, 0.05) is 11.3 Å². The molecule has 0 bridgehead atoms. The maximum absolute atomic E-state index is 11.9. The molecule has 0 aliphatic rings. The number of hydrogen-bond donors (Lipinski definition) is 1. The van der Waals surface area contributed by atoms with Crippen LogP contribution in [-0.4, -0.2) is 39.8 Å². The Kier molecular flexibility index (Phi) is 4.80. The van der Waals surface area contributed by atoms with E-state index in [0.717, 1.165) is 0 Å². The molecule has 0 atom stereocenters. The number of rotatable bonds is 6. The van der Waals surface area contributed by atoms with Gasteiger partial charge in [0.05, 0.1) is 18.2 Å². The van der Waals surface area contributed by atoms with Gasteiger partial charge in [-0.2, -0.15) is 0 Å². The van der Waals surface area contributed by atoms with Gasteiger partial charge in [0.2, 0.25) is 0 Å². The van der Waals surface area contributed by atoms with Gasteiger partial charge in [-0.1, -0.05) is 11.6 Å². The molecule has 1 aromatic heterocycles. The van der Waals surface area contributed by atoms with Crippen LogP contribution in [0, 0.1) is 0 Å². The lowest BCUT2D eigenvalue weighted by Gasteiger charge is -2.07. The van der Waals surface area contributed by atoms with Crippen LogP contribution in [0.2, 0.25) is 5.02 Å². The van der Waals surface area contributed by atoms with Crippen LogP contribution in [-0.2, 0) is 11.3 Å². The molecule has 2 N–H and O–H groups in total. The summed E-state index contributed by atoms with van der Waals surface area (Å²) in [5, 5.41) is 11.6. The molecule has 2 rings (SSSR count). The van der Waals surface area contributed by atoms with E-state index in [0.29, 0.717) is 22.1 Å². The topological polar surface area (TPSA) is 78.9 Å². The number of hydrogen-bond acceptors (Lipinski definition) is 5. The standard InChI is InChI=1S/C11H12ClF2N5O/c12-9-5-7(15)1-2-8(9)11-16-17-18-19(11)3-4-20-6-10(13)14/h1-2,5,10H,3-4,6,15H2. The van der Waals surface area contributed by atoms with Crippen molar-refractivity contribution in [2.45, 2.75) is 13.0 Å². The molecule has 0 aliphatic carbocycles. The van der Waals surface area contributed by atoms with E-state index in [4.69, 9.17) is 22.1 Å². The van der Waals surface area contributed by atoms with E-state index < -0.39 is 13.0 Å². The molecule has 0 spiro atoms. The van der Waals surface area contributed by atoms with Crippen LogP contribution in [0.1, 0.15) is 0 Å². The minimum atomic E-state index is -2.49. The van der Waals surface area contributed by atoms with E-state index in [1.807, 2.05) is 0 Å². The molecule has 0 amide bonds. The first-order valence-corrected chi connectivity index (χ1v) is 6.13. The van der Waals surface area contributed by atoms with Crippen molar-refractivity contribution in [3.05, 3.63) is 23.2 Å². The maximum atomic E-state index is 11.9. The quantitative estimate of drug-likeness (QED) is 0.651. The summed E-state index contributed by atoms with van der Waals surface area (Å²) in [6.07, 6.45) is -2.49. The second-order valence-electron chi connectivity index (χ2n) is 3.93. The Morgan fingerprint density at radius 3 is 2.90 bits per heavy atom. The highest BCUT2D eigenvalue weighted by Gasteiger charge is 2.12. The number of anilines is 1. The van der Waals surface area contributed by atoms with Crippen LogP contribution < -0.4 is 5.73 Å². The molecule has 0 saturated heterocycles. The smallest absolute Gasteiger partial charge is 0.261 e. The highest BCUT2D eigenvalue weighted by molar-refractivity contribution is 6.33. The lowest BCUT2D eigenvalue weighted by molar-refractivity contribution is 0.0140. The summed E-state index contributed by atoms with van der Waals surface area (Å²) in [7, 11) is 0. The predicted molar refractivity (Wildman–Crippen MR) is 69.5 cm³/mol. The summed E-state index contributed by atoms with van der Waals surface area (Å²) in [6, 6.07) is 4.95. The number of halogens is 3. The fraction of sp³-hybridized carbons (Fsp3) is 0.364. The van der Waals surface area contributed by atoms with Gasteiger partial charge in [-0.25, -0.2) is 13.5 Å². The fourth-order valence-electron chi connectivity index (χ4n) is 1.58. The van der Waals surface area contributed by atoms with E-state index >= 15 is 0 Å².